The number of methoxy groups -OCH3 is 2. The smallest absolute Gasteiger partial charge is 1.00 e. The Hall–Kier alpha value is -0.936. The molecule has 57 heavy (non-hydrogen) atoms. The largest absolute Gasteiger partial charge is 1.00 e. The number of benzene rings is 4. The SMILES string of the molecule is COc1ccc(CBr)cc1-c1cccc([N+](=O)[O-])c1.COc1ccc(CN2CC[C@H](O)C2)cc1-c1cccc([N+](=O)[O-])c1.O=CO[O-].O[C@H]1CCNC1.[2H]CF.[Cs+].[Cs+].[H-]. The summed E-state index contributed by atoms with van der Waals surface area (Å²) in [6, 6.07) is 24.8. The molecule has 0 aliphatic carbocycles. The van der Waals surface area contributed by atoms with Crippen molar-refractivity contribution < 1.29 is 189 Å². The van der Waals surface area contributed by atoms with Crippen molar-refractivity contribution in [3.8, 4) is 33.8 Å². The second-order valence-corrected chi connectivity index (χ2v) is 12.4. The van der Waals surface area contributed by atoms with Crippen LogP contribution in [0.3, 0.4) is 0 Å². The number of aliphatic hydroxyl groups is 2. The van der Waals surface area contributed by atoms with Gasteiger partial charge in [-0.3, -0.25) is 34.3 Å². The summed E-state index contributed by atoms with van der Waals surface area (Å²) in [6.45, 7) is 3.89. The molecule has 0 unspecified atom stereocenters. The first-order valence-corrected chi connectivity index (χ1v) is 17.8. The minimum atomic E-state index is -1.00. The normalized spacial score (nSPS) is 15.2. The number of rotatable bonds is 10. The van der Waals surface area contributed by atoms with Crippen LogP contribution in [0.25, 0.3) is 22.3 Å². The van der Waals surface area contributed by atoms with E-state index in [0.29, 0.717) is 18.0 Å². The quantitative estimate of drug-likeness (QED) is 0.0602. The molecule has 2 aliphatic heterocycles. The predicted molar refractivity (Wildman–Crippen MR) is 207 cm³/mol. The van der Waals surface area contributed by atoms with Gasteiger partial charge in [0, 0.05) is 66.9 Å². The van der Waals surface area contributed by atoms with Crippen molar-refractivity contribution in [1.29, 1.82) is 0 Å². The fourth-order valence-electron chi connectivity index (χ4n) is 5.57. The summed E-state index contributed by atoms with van der Waals surface area (Å²) in [7, 11) is 2.18. The number of hydrogen-bond donors (Lipinski definition) is 3. The number of likely N-dealkylation sites (tertiary alicyclic amines) is 1. The number of carbonyl (C=O) groups is 1. The molecule has 300 valence electrons. The Morgan fingerprint density at radius 2 is 1.39 bits per heavy atom. The van der Waals surface area contributed by atoms with Gasteiger partial charge in [0.25, 0.3) is 17.8 Å². The first kappa shape index (κ1) is 54.1. The van der Waals surface area contributed by atoms with E-state index in [-0.39, 0.29) is 169 Å². The molecule has 19 heteroatoms. The van der Waals surface area contributed by atoms with Gasteiger partial charge < -0.3 is 36.6 Å². The van der Waals surface area contributed by atoms with E-state index < -0.39 is 17.0 Å². The number of nitro groups is 2. The Morgan fingerprint density at radius 1 is 0.895 bits per heavy atom. The maximum atomic E-state index is 11.0. The van der Waals surface area contributed by atoms with Crippen LogP contribution in [0.15, 0.2) is 84.9 Å². The van der Waals surface area contributed by atoms with E-state index in [2.05, 4.69) is 31.0 Å². The molecule has 2 heterocycles. The van der Waals surface area contributed by atoms with Gasteiger partial charge in [-0.15, -0.1) is 0 Å². The van der Waals surface area contributed by atoms with Crippen LogP contribution >= 0.6 is 15.9 Å². The average molecular weight is 1100 g/mol. The zero-order valence-electron chi connectivity index (χ0n) is 34.3. The van der Waals surface area contributed by atoms with E-state index in [1.54, 1.807) is 38.5 Å². The van der Waals surface area contributed by atoms with Crippen molar-refractivity contribution in [3.63, 3.8) is 0 Å². The van der Waals surface area contributed by atoms with Gasteiger partial charge in [0.1, 0.15) is 11.5 Å². The molecule has 0 radical (unpaired) electrons. The van der Waals surface area contributed by atoms with Crippen LogP contribution < -0.4 is 158 Å². The summed E-state index contributed by atoms with van der Waals surface area (Å²) < 4.78 is 26.2. The monoisotopic (exact) mass is 1100 g/mol. The van der Waals surface area contributed by atoms with Gasteiger partial charge in [-0.05, 0) is 65.9 Å². The Kier molecular flexibility index (Phi) is 30.2. The average Bonchev–Trinajstić information content (AvgIpc) is 3.88. The van der Waals surface area contributed by atoms with E-state index in [4.69, 9.17) is 26.0 Å². The number of aliphatic hydroxyl groups excluding tert-OH is 2. The van der Waals surface area contributed by atoms with Gasteiger partial charge in [-0.25, -0.2) is 0 Å². The number of β-amino-alcohol motifs (C(OH)–C–C–N with tert-alkyl or cyclic N) is 2. The maximum Gasteiger partial charge on any atom is 1.00 e. The molecule has 3 N–H and O–H groups in total. The van der Waals surface area contributed by atoms with Crippen LogP contribution in [0.1, 0.15) is 26.8 Å². The number of carbonyl (C=O) groups excluding carboxylic acids is 1. The van der Waals surface area contributed by atoms with E-state index in [1.807, 2.05) is 48.5 Å². The van der Waals surface area contributed by atoms with Crippen molar-refractivity contribution in [2.24, 2.45) is 0 Å². The summed E-state index contributed by atoms with van der Waals surface area (Å²) in [5, 5.41) is 52.3. The third kappa shape index (κ3) is 20.0. The fraction of sp³-hybridized carbons (Fsp3) is 0.342. The van der Waals surface area contributed by atoms with Gasteiger partial charge in [0.2, 0.25) is 0 Å². The number of alkyl halides is 2. The molecule has 0 aromatic heterocycles. The molecular formula is C38H46BrCs2FN4O11. The molecule has 0 amide bonds. The van der Waals surface area contributed by atoms with E-state index >= 15 is 0 Å². The van der Waals surface area contributed by atoms with Crippen LogP contribution in [-0.4, -0.2) is 91.2 Å². The zero-order chi connectivity index (χ0) is 41.5. The molecule has 15 nitrogen and oxygen atoms in total. The number of nitro benzene ring substituents is 2. The van der Waals surface area contributed by atoms with Gasteiger partial charge in [0.05, 0.1) is 44.8 Å². The molecular weight excluding hydrogens is 1050 g/mol. The number of nitrogens with zero attached hydrogens (tertiary/aromatic N) is 3. The minimum Gasteiger partial charge on any atom is -1.00 e. The Balaban J connectivity index is 0. The third-order valence-corrected chi connectivity index (χ3v) is 8.79. The van der Waals surface area contributed by atoms with Gasteiger partial charge >= 0.3 is 138 Å². The molecule has 0 saturated carbocycles. The molecule has 6 rings (SSSR count). The molecule has 4 aromatic rings. The van der Waals surface area contributed by atoms with Crippen molar-refractivity contribution in [1.82, 2.24) is 10.2 Å². The van der Waals surface area contributed by atoms with Crippen LogP contribution in [0.5, 0.6) is 11.5 Å². The maximum absolute atomic E-state index is 11.0. The molecule has 0 bridgehead atoms. The second-order valence-electron chi connectivity index (χ2n) is 11.8. The third-order valence-electron chi connectivity index (χ3n) is 8.15. The van der Waals surface area contributed by atoms with E-state index in [9.17, 15) is 29.7 Å². The number of non-ortho nitro benzene ring substituents is 2. The predicted octanol–water partition coefficient (Wildman–Crippen LogP) is -0.516. The topological polar surface area (TPSA) is 210 Å². The summed E-state index contributed by atoms with van der Waals surface area (Å²) in [5.74, 6) is 1.38. The summed E-state index contributed by atoms with van der Waals surface area (Å²) in [5.41, 5.74) is 5.51. The number of hydrogen-bond acceptors (Lipinski definition) is 13. The van der Waals surface area contributed by atoms with Gasteiger partial charge in [-0.2, -0.15) is 0 Å². The van der Waals surface area contributed by atoms with E-state index in [1.165, 1.54) is 12.1 Å². The van der Waals surface area contributed by atoms with Crippen molar-refractivity contribution >= 4 is 33.8 Å². The van der Waals surface area contributed by atoms with Gasteiger partial charge in [0.15, 0.2) is 0 Å². The van der Waals surface area contributed by atoms with Gasteiger partial charge in [-0.1, -0.05) is 52.3 Å². The zero-order valence-corrected chi connectivity index (χ0v) is 46.5. The number of nitrogens with one attached hydrogen (secondary N) is 1. The standard InChI is InChI=1S/C18H20N2O4.C14H12BrNO3.C4H9NO.CH3F.CH2O3.2Cs.H/c1-24-18-6-5-13(11-19-8-7-16(21)12-19)9-17(18)14-3-2-4-15(10-14)20(22)23;1-19-14-6-5-10(9-15)7-13(14)11-3-2-4-12(8-11)16(17)18;6-4-1-2-5-3-4;1-2;2-1-4-3;;;/h2-6,9-10,16,21H,7-8,11-12H2,1H3;2-8H,9H2,1H3;4-6H,1-3H2;1H3;1,3H;;;/q;;;;;2*+1;-1/p-1/t16-;;4-;;;;;/m0.0...../s1/i;;;1D;;;;. The Bertz CT molecular complexity index is 1840. The molecule has 2 saturated heterocycles. The molecule has 2 fully saturated rings. The molecule has 4 aromatic carbocycles. The fourth-order valence-corrected chi connectivity index (χ4v) is 5.92. The number of halogens is 2. The molecule has 2 atom stereocenters. The minimum absolute atomic E-state index is 0. The van der Waals surface area contributed by atoms with Crippen LogP contribution in [0, 0.1) is 20.2 Å². The first-order valence-electron chi connectivity index (χ1n) is 17.4. The summed E-state index contributed by atoms with van der Waals surface area (Å²) in [6.07, 6.45) is 1.41. The van der Waals surface area contributed by atoms with Crippen LogP contribution in [0.4, 0.5) is 15.8 Å². The first-order chi connectivity index (χ1) is 26.9. The van der Waals surface area contributed by atoms with Crippen molar-refractivity contribution in [2.45, 2.75) is 36.9 Å². The Morgan fingerprint density at radius 3 is 1.74 bits per heavy atom. The van der Waals surface area contributed by atoms with Crippen LogP contribution in [-0.2, 0) is 21.6 Å². The van der Waals surface area contributed by atoms with E-state index in [0.717, 1.165) is 77.7 Å². The van der Waals surface area contributed by atoms with Crippen molar-refractivity contribution in [3.05, 3.63) is 116 Å². The summed E-state index contributed by atoms with van der Waals surface area (Å²) in [4.78, 5) is 34.5. The second kappa shape index (κ2) is 31.9. The molecule has 2 aliphatic rings. The van der Waals surface area contributed by atoms with Crippen molar-refractivity contribution in [2.75, 3.05) is 47.6 Å². The van der Waals surface area contributed by atoms with Crippen LogP contribution in [0.2, 0.25) is 0 Å². The number of ether oxygens (including phenoxy) is 2. The summed E-state index contributed by atoms with van der Waals surface area (Å²) >= 11 is 3.40. The Labute approximate surface area is 460 Å². The molecule has 0 spiro atoms.